The number of guanidine groups is 1. The molecule has 0 aliphatic carbocycles. The average Bonchev–Trinajstić information content (AvgIpc) is 2.75. The normalized spacial score (nSPS) is 10.8. The van der Waals surface area contributed by atoms with Gasteiger partial charge in [0, 0.05) is 32.9 Å². The van der Waals surface area contributed by atoms with E-state index in [-0.39, 0.29) is 42.3 Å². The number of carbonyl (C=O) groups is 1. The van der Waals surface area contributed by atoms with Crippen LogP contribution >= 0.6 is 35.7 Å². The van der Waals surface area contributed by atoms with Gasteiger partial charge in [-0.25, -0.2) is 9.38 Å². The number of thioether (sulfide) groups is 1. The van der Waals surface area contributed by atoms with E-state index in [2.05, 4.69) is 15.6 Å². The summed E-state index contributed by atoms with van der Waals surface area (Å²) in [6.07, 6.45) is 2.00. The predicted octanol–water partition coefficient (Wildman–Crippen LogP) is 4.03. The SMILES string of the molecule is CCNC(=NCc1cccc(OCC(=O)N(C)C)c1)NCc1ccc(F)cc1CSC.I. The number of carbonyl (C=O) groups excluding carboxylic acids is 1. The molecule has 32 heavy (non-hydrogen) atoms. The van der Waals surface area contributed by atoms with Crippen molar-refractivity contribution in [1.82, 2.24) is 15.5 Å². The van der Waals surface area contributed by atoms with Crippen molar-refractivity contribution in [1.29, 1.82) is 0 Å². The lowest BCUT2D eigenvalue weighted by molar-refractivity contribution is -0.130. The second-order valence-corrected chi connectivity index (χ2v) is 7.99. The number of halogens is 2. The molecule has 0 unspecified atom stereocenters. The number of ether oxygens (including phenoxy) is 1. The maximum absolute atomic E-state index is 13.6. The van der Waals surface area contributed by atoms with E-state index < -0.39 is 0 Å². The van der Waals surface area contributed by atoms with Crippen LogP contribution in [0.25, 0.3) is 0 Å². The standard InChI is InChI=1S/C23H31FN4O2S.HI/c1-5-25-23(27-14-18-9-10-20(24)12-19(18)16-31-4)26-13-17-7-6-8-21(11-17)30-15-22(29)28(2)3;/h6-12H,5,13-16H2,1-4H3,(H2,25,26,27);1H. The Labute approximate surface area is 211 Å². The van der Waals surface area contributed by atoms with Crippen LogP contribution < -0.4 is 15.4 Å². The van der Waals surface area contributed by atoms with E-state index in [1.54, 1.807) is 31.9 Å². The molecule has 1 amide bonds. The van der Waals surface area contributed by atoms with Gasteiger partial charge in [0.1, 0.15) is 11.6 Å². The number of rotatable bonds is 10. The second kappa shape index (κ2) is 14.9. The van der Waals surface area contributed by atoms with Crippen molar-refractivity contribution >= 4 is 47.6 Å². The first-order chi connectivity index (χ1) is 14.9. The van der Waals surface area contributed by atoms with Crippen LogP contribution in [0.15, 0.2) is 47.5 Å². The van der Waals surface area contributed by atoms with Crippen LogP contribution in [0.2, 0.25) is 0 Å². The molecule has 2 aromatic rings. The zero-order valence-electron chi connectivity index (χ0n) is 19.0. The van der Waals surface area contributed by atoms with Crippen LogP contribution in [0.5, 0.6) is 5.75 Å². The van der Waals surface area contributed by atoms with Crippen molar-refractivity contribution in [3.63, 3.8) is 0 Å². The Kier molecular flexibility index (Phi) is 13.1. The Bertz CT molecular complexity index is 896. The Morgan fingerprint density at radius 1 is 1.16 bits per heavy atom. The third-order valence-corrected chi connectivity index (χ3v) is 5.04. The highest BCUT2D eigenvalue weighted by atomic mass is 127. The largest absolute Gasteiger partial charge is 0.484 e. The van der Waals surface area contributed by atoms with E-state index in [4.69, 9.17) is 4.74 Å². The van der Waals surface area contributed by atoms with E-state index in [1.807, 2.05) is 43.5 Å². The topological polar surface area (TPSA) is 66.0 Å². The third kappa shape index (κ3) is 9.64. The van der Waals surface area contributed by atoms with Gasteiger partial charge in [0.2, 0.25) is 0 Å². The van der Waals surface area contributed by atoms with E-state index in [0.717, 1.165) is 29.0 Å². The Balaban J connectivity index is 0.00000512. The molecule has 9 heteroatoms. The molecule has 2 aromatic carbocycles. The Hall–Kier alpha value is -2.01. The minimum atomic E-state index is -0.220. The van der Waals surface area contributed by atoms with Crippen molar-refractivity contribution in [2.75, 3.05) is 33.5 Å². The minimum absolute atomic E-state index is 0. The lowest BCUT2D eigenvalue weighted by Crippen LogP contribution is -2.37. The smallest absolute Gasteiger partial charge is 0.259 e. The van der Waals surface area contributed by atoms with Gasteiger partial charge in [0.15, 0.2) is 12.6 Å². The highest BCUT2D eigenvalue weighted by molar-refractivity contribution is 14.0. The van der Waals surface area contributed by atoms with Crippen LogP contribution in [0.3, 0.4) is 0 Å². The van der Waals surface area contributed by atoms with Crippen LogP contribution in [-0.4, -0.2) is 50.3 Å². The molecule has 2 rings (SSSR count). The molecule has 0 radical (unpaired) electrons. The quantitative estimate of drug-likeness (QED) is 0.255. The number of hydrogen-bond donors (Lipinski definition) is 2. The lowest BCUT2D eigenvalue weighted by Gasteiger charge is -2.14. The number of nitrogens with zero attached hydrogens (tertiary/aromatic N) is 2. The fourth-order valence-electron chi connectivity index (χ4n) is 2.76. The summed E-state index contributed by atoms with van der Waals surface area (Å²) in [5, 5.41) is 6.55. The lowest BCUT2D eigenvalue weighted by atomic mass is 10.1. The molecular formula is C23H32FIN4O2S. The van der Waals surface area contributed by atoms with E-state index in [1.165, 1.54) is 11.0 Å². The molecule has 0 aliphatic rings. The first-order valence-corrected chi connectivity index (χ1v) is 11.5. The average molecular weight is 575 g/mol. The van der Waals surface area contributed by atoms with Gasteiger partial charge in [-0.15, -0.1) is 24.0 Å². The summed E-state index contributed by atoms with van der Waals surface area (Å²) in [5.74, 6) is 1.75. The summed E-state index contributed by atoms with van der Waals surface area (Å²) in [6.45, 7) is 3.74. The highest BCUT2D eigenvalue weighted by Gasteiger charge is 2.07. The van der Waals surface area contributed by atoms with Crippen molar-refractivity contribution in [2.45, 2.75) is 25.8 Å². The summed E-state index contributed by atoms with van der Waals surface area (Å²) in [7, 11) is 3.39. The molecule has 2 N–H and O–H groups in total. The molecule has 0 heterocycles. The van der Waals surface area contributed by atoms with Crippen molar-refractivity contribution < 1.29 is 13.9 Å². The number of amides is 1. The maximum Gasteiger partial charge on any atom is 0.259 e. The van der Waals surface area contributed by atoms with Crippen molar-refractivity contribution in [3.05, 3.63) is 65.0 Å². The molecule has 0 spiro atoms. The summed E-state index contributed by atoms with van der Waals surface area (Å²) < 4.78 is 19.1. The number of benzene rings is 2. The first kappa shape index (κ1) is 28.0. The van der Waals surface area contributed by atoms with E-state index in [9.17, 15) is 9.18 Å². The second-order valence-electron chi connectivity index (χ2n) is 7.12. The fraction of sp³-hybridized carbons (Fsp3) is 0.391. The van der Waals surface area contributed by atoms with Crippen LogP contribution in [0.1, 0.15) is 23.6 Å². The summed E-state index contributed by atoms with van der Waals surface area (Å²) in [4.78, 5) is 17.8. The number of aliphatic imine (C=N–C) groups is 1. The van der Waals surface area contributed by atoms with Crippen LogP contribution in [0, 0.1) is 5.82 Å². The molecule has 6 nitrogen and oxygen atoms in total. The molecule has 0 bridgehead atoms. The molecule has 0 atom stereocenters. The molecule has 0 saturated carbocycles. The summed E-state index contributed by atoms with van der Waals surface area (Å²) >= 11 is 1.66. The van der Waals surface area contributed by atoms with E-state index >= 15 is 0 Å². The van der Waals surface area contributed by atoms with Gasteiger partial charge in [-0.05, 0) is 54.1 Å². The Morgan fingerprint density at radius 3 is 2.62 bits per heavy atom. The van der Waals surface area contributed by atoms with Gasteiger partial charge < -0.3 is 20.3 Å². The van der Waals surface area contributed by atoms with Gasteiger partial charge in [-0.2, -0.15) is 11.8 Å². The molecule has 0 saturated heterocycles. The third-order valence-electron chi connectivity index (χ3n) is 4.44. The van der Waals surface area contributed by atoms with Gasteiger partial charge in [-0.1, -0.05) is 18.2 Å². The van der Waals surface area contributed by atoms with Crippen LogP contribution in [0.4, 0.5) is 4.39 Å². The molecule has 0 aromatic heterocycles. The van der Waals surface area contributed by atoms with Crippen LogP contribution in [-0.2, 0) is 23.6 Å². The molecule has 0 fully saturated rings. The number of hydrogen-bond acceptors (Lipinski definition) is 4. The predicted molar refractivity (Wildman–Crippen MR) is 141 cm³/mol. The zero-order valence-corrected chi connectivity index (χ0v) is 22.1. The monoisotopic (exact) mass is 574 g/mol. The maximum atomic E-state index is 13.6. The number of likely N-dealkylation sites (N-methyl/N-ethyl adjacent to an activating group) is 1. The molecular weight excluding hydrogens is 542 g/mol. The van der Waals surface area contributed by atoms with Gasteiger partial charge >= 0.3 is 0 Å². The Morgan fingerprint density at radius 2 is 1.94 bits per heavy atom. The van der Waals surface area contributed by atoms with Gasteiger partial charge in [-0.3, -0.25) is 4.79 Å². The van der Waals surface area contributed by atoms with E-state index in [0.29, 0.717) is 24.8 Å². The van der Waals surface area contributed by atoms with Crippen molar-refractivity contribution in [2.24, 2.45) is 4.99 Å². The van der Waals surface area contributed by atoms with Gasteiger partial charge in [0.25, 0.3) is 5.91 Å². The minimum Gasteiger partial charge on any atom is -0.484 e. The first-order valence-electron chi connectivity index (χ1n) is 10.1. The highest BCUT2D eigenvalue weighted by Crippen LogP contribution is 2.17. The summed E-state index contributed by atoms with van der Waals surface area (Å²) in [6, 6.07) is 12.4. The fourth-order valence-corrected chi connectivity index (χ4v) is 3.34. The zero-order chi connectivity index (χ0) is 22.6. The molecule has 176 valence electrons. The van der Waals surface area contributed by atoms with Crippen molar-refractivity contribution in [3.8, 4) is 5.75 Å². The van der Waals surface area contributed by atoms with Gasteiger partial charge in [0.05, 0.1) is 6.54 Å². The number of nitrogens with one attached hydrogen (secondary N) is 2. The molecule has 0 aliphatic heterocycles. The summed E-state index contributed by atoms with van der Waals surface area (Å²) in [5.41, 5.74) is 2.99.